The Morgan fingerprint density at radius 1 is 1.53 bits per heavy atom. The van der Waals surface area contributed by atoms with E-state index in [1.165, 1.54) is 6.07 Å². The zero-order valence-electron chi connectivity index (χ0n) is 9.82. The van der Waals surface area contributed by atoms with Crippen LogP contribution >= 0.6 is 0 Å². The quantitative estimate of drug-likeness (QED) is 0.754. The smallest absolute Gasteiger partial charge is 0.272 e. The fourth-order valence-electron chi connectivity index (χ4n) is 1.56. The highest BCUT2D eigenvalue weighted by atomic mass is 16.3. The fourth-order valence-corrected chi connectivity index (χ4v) is 1.56. The number of aromatic hydroxyl groups is 1. The number of nitrogens with zero attached hydrogens (tertiary/aromatic N) is 1. The standard InChI is InChI=1S/C12H15N3O2/c1-7(2)6-13-12(17)11-9-5-8(16)3-4-10(9)14-15-11/h3-5,7,16H,6H2,1-2H3,(H,13,17)(H,14,15). The van der Waals surface area contributed by atoms with Gasteiger partial charge in [-0.1, -0.05) is 13.8 Å². The molecular weight excluding hydrogens is 218 g/mol. The highest BCUT2D eigenvalue weighted by molar-refractivity contribution is 6.04. The van der Waals surface area contributed by atoms with Gasteiger partial charge >= 0.3 is 0 Å². The van der Waals surface area contributed by atoms with Crippen molar-refractivity contribution in [1.29, 1.82) is 0 Å². The molecule has 5 nitrogen and oxygen atoms in total. The van der Waals surface area contributed by atoms with Crippen molar-refractivity contribution < 1.29 is 9.90 Å². The van der Waals surface area contributed by atoms with E-state index < -0.39 is 0 Å². The molecule has 1 heterocycles. The van der Waals surface area contributed by atoms with Crippen molar-refractivity contribution in [2.45, 2.75) is 13.8 Å². The molecule has 1 amide bonds. The second kappa shape index (κ2) is 4.45. The SMILES string of the molecule is CC(C)CNC(=O)c1n[nH]c2ccc(O)cc12. The number of benzene rings is 1. The third-order valence-electron chi connectivity index (χ3n) is 2.43. The van der Waals surface area contributed by atoms with Crippen molar-refractivity contribution in [1.82, 2.24) is 15.5 Å². The first kappa shape index (κ1) is 11.4. The lowest BCUT2D eigenvalue weighted by Crippen LogP contribution is -2.27. The van der Waals surface area contributed by atoms with Crippen LogP contribution in [0.2, 0.25) is 0 Å². The monoisotopic (exact) mass is 233 g/mol. The van der Waals surface area contributed by atoms with E-state index in [-0.39, 0.29) is 11.7 Å². The molecule has 0 radical (unpaired) electrons. The number of aromatic amines is 1. The van der Waals surface area contributed by atoms with E-state index in [4.69, 9.17) is 0 Å². The van der Waals surface area contributed by atoms with E-state index in [9.17, 15) is 9.90 Å². The van der Waals surface area contributed by atoms with Gasteiger partial charge in [0.25, 0.3) is 5.91 Å². The van der Waals surface area contributed by atoms with Crippen LogP contribution in [-0.2, 0) is 0 Å². The number of phenolic OH excluding ortho intramolecular Hbond substituents is 1. The summed E-state index contributed by atoms with van der Waals surface area (Å²) in [6.07, 6.45) is 0. The molecule has 17 heavy (non-hydrogen) atoms. The van der Waals surface area contributed by atoms with E-state index in [2.05, 4.69) is 15.5 Å². The number of aromatic nitrogens is 2. The number of rotatable bonds is 3. The summed E-state index contributed by atoms with van der Waals surface area (Å²) in [6.45, 7) is 4.65. The van der Waals surface area contributed by atoms with E-state index in [0.717, 1.165) is 5.52 Å². The normalized spacial score (nSPS) is 11.0. The van der Waals surface area contributed by atoms with Crippen LogP contribution in [0, 0.1) is 5.92 Å². The first-order valence-corrected chi connectivity index (χ1v) is 5.53. The maximum Gasteiger partial charge on any atom is 0.272 e. The molecule has 1 aromatic heterocycles. The average molecular weight is 233 g/mol. The highest BCUT2D eigenvalue weighted by Gasteiger charge is 2.14. The van der Waals surface area contributed by atoms with Gasteiger partial charge < -0.3 is 10.4 Å². The molecule has 0 saturated carbocycles. The van der Waals surface area contributed by atoms with Crippen molar-refractivity contribution in [3.8, 4) is 5.75 Å². The number of carbonyl (C=O) groups excluding carboxylic acids is 1. The van der Waals surface area contributed by atoms with Crippen LogP contribution in [0.4, 0.5) is 0 Å². The Bertz CT molecular complexity index is 546. The summed E-state index contributed by atoms with van der Waals surface area (Å²) in [4.78, 5) is 11.9. The predicted molar refractivity (Wildman–Crippen MR) is 64.9 cm³/mol. The molecule has 0 aliphatic carbocycles. The Kier molecular flexibility index (Phi) is 2.99. The van der Waals surface area contributed by atoms with Crippen LogP contribution in [0.5, 0.6) is 5.75 Å². The van der Waals surface area contributed by atoms with Gasteiger partial charge in [0.15, 0.2) is 5.69 Å². The van der Waals surface area contributed by atoms with Gasteiger partial charge in [-0.05, 0) is 24.1 Å². The first-order valence-electron chi connectivity index (χ1n) is 5.53. The van der Waals surface area contributed by atoms with Gasteiger partial charge in [-0.25, -0.2) is 0 Å². The van der Waals surface area contributed by atoms with Crippen molar-refractivity contribution in [3.63, 3.8) is 0 Å². The molecule has 2 aromatic rings. The Morgan fingerprint density at radius 3 is 3.00 bits per heavy atom. The third-order valence-corrected chi connectivity index (χ3v) is 2.43. The Hall–Kier alpha value is -2.04. The highest BCUT2D eigenvalue weighted by Crippen LogP contribution is 2.20. The summed E-state index contributed by atoms with van der Waals surface area (Å²) in [5.41, 5.74) is 1.05. The Labute approximate surface area is 98.8 Å². The van der Waals surface area contributed by atoms with Gasteiger partial charge in [-0.3, -0.25) is 9.89 Å². The molecule has 0 spiro atoms. The molecule has 0 saturated heterocycles. The van der Waals surface area contributed by atoms with Crippen LogP contribution in [-0.4, -0.2) is 27.8 Å². The molecule has 0 fully saturated rings. The number of carbonyl (C=O) groups is 1. The molecule has 0 aliphatic heterocycles. The number of amides is 1. The Morgan fingerprint density at radius 2 is 2.29 bits per heavy atom. The van der Waals surface area contributed by atoms with Crippen molar-refractivity contribution >= 4 is 16.8 Å². The van der Waals surface area contributed by atoms with Crippen LogP contribution in [0.1, 0.15) is 24.3 Å². The molecule has 90 valence electrons. The molecular formula is C12H15N3O2. The number of phenols is 1. The second-order valence-corrected chi connectivity index (χ2v) is 4.41. The lowest BCUT2D eigenvalue weighted by molar-refractivity contribution is 0.0945. The van der Waals surface area contributed by atoms with Crippen LogP contribution < -0.4 is 5.32 Å². The molecule has 5 heteroatoms. The zero-order chi connectivity index (χ0) is 12.4. The van der Waals surface area contributed by atoms with Gasteiger partial charge in [-0.15, -0.1) is 0 Å². The van der Waals surface area contributed by atoms with E-state index in [1.807, 2.05) is 13.8 Å². The average Bonchev–Trinajstić information content (AvgIpc) is 2.68. The molecule has 1 aromatic carbocycles. The van der Waals surface area contributed by atoms with Gasteiger partial charge in [-0.2, -0.15) is 5.10 Å². The molecule has 0 unspecified atom stereocenters. The summed E-state index contributed by atoms with van der Waals surface area (Å²) in [6, 6.07) is 4.77. The minimum absolute atomic E-state index is 0.122. The van der Waals surface area contributed by atoms with Crippen LogP contribution in [0.3, 0.4) is 0 Å². The molecule has 0 atom stereocenters. The summed E-state index contributed by atoms with van der Waals surface area (Å²) in [5.74, 6) is 0.282. The Balaban J connectivity index is 2.29. The van der Waals surface area contributed by atoms with Gasteiger partial charge in [0.2, 0.25) is 0 Å². The van der Waals surface area contributed by atoms with Crippen molar-refractivity contribution in [2.24, 2.45) is 5.92 Å². The predicted octanol–water partition coefficient (Wildman–Crippen LogP) is 1.65. The zero-order valence-corrected chi connectivity index (χ0v) is 9.82. The van der Waals surface area contributed by atoms with Crippen LogP contribution in [0.25, 0.3) is 10.9 Å². The molecule has 2 rings (SSSR count). The van der Waals surface area contributed by atoms with Crippen molar-refractivity contribution in [3.05, 3.63) is 23.9 Å². The van der Waals surface area contributed by atoms with Crippen molar-refractivity contribution in [2.75, 3.05) is 6.54 Å². The van der Waals surface area contributed by atoms with Gasteiger partial charge in [0.1, 0.15) is 5.75 Å². The summed E-state index contributed by atoms with van der Waals surface area (Å²) < 4.78 is 0. The minimum Gasteiger partial charge on any atom is -0.508 e. The largest absolute Gasteiger partial charge is 0.508 e. The molecule has 3 N–H and O–H groups in total. The van der Waals surface area contributed by atoms with Gasteiger partial charge in [0.05, 0.1) is 5.52 Å². The lowest BCUT2D eigenvalue weighted by atomic mass is 10.2. The lowest BCUT2D eigenvalue weighted by Gasteiger charge is -2.05. The van der Waals surface area contributed by atoms with E-state index >= 15 is 0 Å². The number of hydrogen-bond donors (Lipinski definition) is 3. The maximum absolute atomic E-state index is 11.9. The summed E-state index contributed by atoms with van der Waals surface area (Å²) in [5, 5.41) is 19.6. The topological polar surface area (TPSA) is 78.0 Å². The number of H-pyrrole nitrogens is 1. The molecule has 0 aliphatic rings. The number of hydrogen-bond acceptors (Lipinski definition) is 3. The maximum atomic E-state index is 11.9. The van der Waals surface area contributed by atoms with E-state index in [0.29, 0.717) is 23.5 Å². The number of nitrogens with one attached hydrogen (secondary N) is 2. The fraction of sp³-hybridized carbons (Fsp3) is 0.333. The molecule has 0 bridgehead atoms. The number of fused-ring (bicyclic) bond motifs is 1. The summed E-state index contributed by atoms with van der Waals surface area (Å²) in [7, 11) is 0. The first-order chi connectivity index (χ1) is 8.08. The second-order valence-electron chi connectivity index (χ2n) is 4.41. The van der Waals surface area contributed by atoms with Crippen LogP contribution in [0.15, 0.2) is 18.2 Å². The minimum atomic E-state index is -0.226. The summed E-state index contributed by atoms with van der Waals surface area (Å²) >= 11 is 0. The third kappa shape index (κ3) is 2.38. The van der Waals surface area contributed by atoms with Gasteiger partial charge in [0, 0.05) is 11.9 Å². The van der Waals surface area contributed by atoms with E-state index in [1.54, 1.807) is 12.1 Å².